The third-order valence-corrected chi connectivity index (χ3v) is 3.63. The van der Waals surface area contributed by atoms with Crippen LogP contribution in [0.15, 0.2) is 66.7 Å². The molecule has 0 bridgehead atoms. The summed E-state index contributed by atoms with van der Waals surface area (Å²) in [7, 11) is 0. The van der Waals surface area contributed by atoms with E-state index < -0.39 is 0 Å². The molecule has 0 saturated heterocycles. The van der Waals surface area contributed by atoms with Gasteiger partial charge in [0.05, 0.1) is 0 Å². The third kappa shape index (κ3) is 3.57. The molecule has 0 aliphatic carbocycles. The number of halogens is 1. The van der Waals surface area contributed by atoms with E-state index in [9.17, 15) is 4.79 Å². The lowest BCUT2D eigenvalue weighted by Gasteiger charge is -2.08. The van der Waals surface area contributed by atoms with Gasteiger partial charge < -0.3 is 10.6 Å². The Bertz CT molecular complexity index is 800. The van der Waals surface area contributed by atoms with Gasteiger partial charge in [0.2, 0.25) is 0 Å². The Morgan fingerprint density at radius 1 is 0.909 bits per heavy atom. The van der Waals surface area contributed by atoms with E-state index in [2.05, 4.69) is 10.6 Å². The molecule has 110 valence electrons. The average Bonchev–Trinajstić information content (AvgIpc) is 2.54. The summed E-state index contributed by atoms with van der Waals surface area (Å²) in [5, 5.41) is 8.59. The zero-order valence-corrected chi connectivity index (χ0v) is 12.6. The van der Waals surface area contributed by atoms with E-state index in [0.29, 0.717) is 11.6 Å². The Labute approximate surface area is 133 Å². The zero-order valence-electron chi connectivity index (χ0n) is 11.8. The van der Waals surface area contributed by atoms with Gasteiger partial charge in [-0.3, -0.25) is 0 Å². The van der Waals surface area contributed by atoms with E-state index in [0.717, 1.165) is 22.0 Å². The Hall–Kier alpha value is -2.52. The molecule has 3 aromatic carbocycles. The Balaban J connectivity index is 1.61. The maximum atomic E-state index is 11.9. The minimum Gasteiger partial charge on any atom is -0.334 e. The minimum atomic E-state index is -0.231. The predicted octanol–water partition coefficient (Wildman–Crippen LogP) is 4.81. The van der Waals surface area contributed by atoms with E-state index in [1.165, 1.54) is 0 Å². The lowest BCUT2D eigenvalue weighted by atomic mass is 10.1. The molecule has 0 spiro atoms. The summed E-state index contributed by atoms with van der Waals surface area (Å²) in [5.41, 5.74) is 1.77. The van der Waals surface area contributed by atoms with Crippen LogP contribution in [0.25, 0.3) is 10.8 Å². The van der Waals surface area contributed by atoms with Crippen molar-refractivity contribution >= 4 is 34.1 Å². The van der Waals surface area contributed by atoms with Gasteiger partial charge in [0, 0.05) is 17.3 Å². The van der Waals surface area contributed by atoms with Gasteiger partial charge in [-0.2, -0.15) is 0 Å². The number of anilines is 1. The fourth-order valence-corrected chi connectivity index (χ4v) is 2.35. The molecule has 0 heterocycles. The van der Waals surface area contributed by atoms with E-state index in [4.69, 9.17) is 11.6 Å². The van der Waals surface area contributed by atoms with Crippen LogP contribution in [-0.4, -0.2) is 6.03 Å². The lowest BCUT2D eigenvalue weighted by Crippen LogP contribution is -2.28. The van der Waals surface area contributed by atoms with Gasteiger partial charge in [0.1, 0.15) is 0 Å². The molecule has 0 fully saturated rings. The van der Waals surface area contributed by atoms with Crippen molar-refractivity contribution in [1.82, 2.24) is 5.32 Å². The Kier molecular flexibility index (Phi) is 4.26. The van der Waals surface area contributed by atoms with Crippen molar-refractivity contribution in [2.75, 3.05) is 5.32 Å². The molecule has 4 heteroatoms. The molecular weight excluding hydrogens is 296 g/mol. The molecule has 0 aliphatic rings. The molecule has 2 amide bonds. The number of amides is 2. The number of carbonyl (C=O) groups excluding carboxylic acids is 1. The summed E-state index contributed by atoms with van der Waals surface area (Å²) in [6.07, 6.45) is 0. The SMILES string of the molecule is O=C(NCc1ccc(Cl)cc1)Nc1ccc2ccccc2c1. The molecule has 0 atom stereocenters. The van der Waals surface area contributed by atoms with E-state index in [1.807, 2.05) is 54.6 Å². The number of benzene rings is 3. The number of fused-ring (bicyclic) bond motifs is 1. The summed E-state index contributed by atoms with van der Waals surface area (Å²) in [6.45, 7) is 0.455. The fraction of sp³-hybridized carbons (Fsp3) is 0.0556. The first kappa shape index (κ1) is 14.4. The summed E-state index contributed by atoms with van der Waals surface area (Å²) < 4.78 is 0. The summed E-state index contributed by atoms with van der Waals surface area (Å²) in [4.78, 5) is 11.9. The number of hydrogen-bond donors (Lipinski definition) is 2. The van der Waals surface area contributed by atoms with Gasteiger partial charge in [0.25, 0.3) is 0 Å². The topological polar surface area (TPSA) is 41.1 Å². The van der Waals surface area contributed by atoms with Crippen LogP contribution in [0.1, 0.15) is 5.56 Å². The molecule has 2 N–H and O–H groups in total. The fourth-order valence-electron chi connectivity index (χ4n) is 2.23. The second-order valence-corrected chi connectivity index (χ2v) is 5.43. The number of hydrogen-bond acceptors (Lipinski definition) is 1. The van der Waals surface area contributed by atoms with Crippen molar-refractivity contribution in [2.45, 2.75) is 6.54 Å². The van der Waals surface area contributed by atoms with Crippen molar-refractivity contribution < 1.29 is 4.79 Å². The highest BCUT2D eigenvalue weighted by Crippen LogP contribution is 2.18. The van der Waals surface area contributed by atoms with Crippen molar-refractivity contribution in [2.24, 2.45) is 0 Å². The predicted molar refractivity (Wildman–Crippen MR) is 91.3 cm³/mol. The Morgan fingerprint density at radius 3 is 2.41 bits per heavy atom. The van der Waals surface area contributed by atoms with Gasteiger partial charge in [0.15, 0.2) is 0 Å². The monoisotopic (exact) mass is 310 g/mol. The number of rotatable bonds is 3. The largest absolute Gasteiger partial charge is 0.334 e. The zero-order chi connectivity index (χ0) is 15.4. The highest BCUT2D eigenvalue weighted by Gasteiger charge is 2.02. The lowest BCUT2D eigenvalue weighted by molar-refractivity contribution is 0.251. The number of carbonyl (C=O) groups is 1. The molecule has 3 rings (SSSR count). The van der Waals surface area contributed by atoms with Crippen LogP contribution in [0.3, 0.4) is 0 Å². The quantitative estimate of drug-likeness (QED) is 0.716. The normalized spacial score (nSPS) is 10.4. The first-order valence-corrected chi connectivity index (χ1v) is 7.36. The van der Waals surface area contributed by atoms with Gasteiger partial charge in [-0.1, -0.05) is 54.1 Å². The van der Waals surface area contributed by atoms with E-state index in [1.54, 1.807) is 12.1 Å². The molecule has 0 aliphatic heterocycles. The molecule has 0 radical (unpaired) electrons. The van der Waals surface area contributed by atoms with Crippen molar-refractivity contribution in [1.29, 1.82) is 0 Å². The van der Waals surface area contributed by atoms with Gasteiger partial charge >= 0.3 is 6.03 Å². The maximum absolute atomic E-state index is 11.9. The van der Waals surface area contributed by atoms with Crippen LogP contribution in [0.4, 0.5) is 10.5 Å². The molecule has 3 nitrogen and oxygen atoms in total. The van der Waals surface area contributed by atoms with Crippen LogP contribution in [0, 0.1) is 0 Å². The average molecular weight is 311 g/mol. The first-order chi connectivity index (χ1) is 10.7. The van der Waals surface area contributed by atoms with Crippen molar-refractivity contribution in [3.8, 4) is 0 Å². The maximum Gasteiger partial charge on any atom is 0.319 e. The molecule has 0 aromatic heterocycles. The van der Waals surface area contributed by atoms with Crippen LogP contribution in [0.5, 0.6) is 0 Å². The second-order valence-electron chi connectivity index (χ2n) is 5.00. The molecule has 3 aromatic rings. The van der Waals surface area contributed by atoms with Crippen molar-refractivity contribution in [3.05, 3.63) is 77.3 Å². The summed E-state index contributed by atoms with van der Waals surface area (Å²) in [6, 6.07) is 21.0. The highest BCUT2D eigenvalue weighted by molar-refractivity contribution is 6.30. The Morgan fingerprint density at radius 2 is 1.64 bits per heavy atom. The number of urea groups is 1. The highest BCUT2D eigenvalue weighted by atomic mass is 35.5. The van der Waals surface area contributed by atoms with Crippen LogP contribution in [-0.2, 0) is 6.54 Å². The van der Waals surface area contributed by atoms with E-state index in [-0.39, 0.29) is 6.03 Å². The third-order valence-electron chi connectivity index (χ3n) is 3.37. The van der Waals surface area contributed by atoms with Crippen LogP contribution in [0.2, 0.25) is 5.02 Å². The second kappa shape index (κ2) is 6.50. The summed E-state index contributed by atoms with van der Waals surface area (Å²) >= 11 is 5.83. The molecule has 0 saturated carbocycles. The van der Waals surface area contributed by atoms with Crippen molar-refractivity contribution in [3.63, 3.8) is 0 Å². The van der Waals surface area contributed by atoms with Gasteiger partial charge in [-0.25, -0.2) is 4.79 Å². The van der Waals surface area contributed by atoms with E-state index >= 15 is 0 Å². The van der Waals surface area contributed by atoms with Gasteiger partial charge in [-0.15, -0.1) is 0 Å². The minimum absolute atomic E-state index is 0.231. The number of nitrogens with one attached hydrogen (secondary N) is 2. The molecular formula is C18H15ClN2O. The van der Waals surface area contributed by atoms with Gasteiger partial charge in [-0.05, 0) is 40.6 Å². The summed E-state index contributed by atoms with van der Waals surface area (Å²) in [5.74, 6) is 0. The first-order valence-electron chi connectivity index (χ1n) is 6.99. The van der Waals surface area contributed by atoms with Crippen LogP contribution >= 0.6 is 11.6 Å². The van der Waals surface area contributed by atoms with Crippen LogP contribution < -0.4 is 10.6 Å². The molecule has 22 heavy (non-hydrogen) atoms. The standard InChI is InChI=1S/C18H15ClN2O/c19-16-8-5-13(6-9-16)12-20-18(22)21-17-10-7-14-3-1-2-4-15(14)11-17/h1-11H,12H2,(H2,20,21,22). The smallest absolute Gasteiger partial charge is 0.319 e. The molecule has 0 unspecified atom stereocenters.